The number of benzene rings is 1. The van der Waals surface area contributed by atoms with Crippen molar-refractivity contribution in [3.05, 3.63) is 23.8 Å². The first-order valence-electron chi connectivity index (χ1n) is 8.66. The molecule has 0 aromatic heterocycles. The second-order valence-electron chi connectivity index (χ2n) is 6.67. The van der Waals surface area contributed by atoms with Gasteiger partial charge in [-0.1, -0.05) is 0 Å². The Morgan fingerprint density at radius 1 is 1.16 bits per heavy atom. The van der Waals surface area contributed by atoms with E-state index < -0.39 is 0 Å². The van der Waals surface area contributed by atoms with Crippen LogP contribution < -0.4 is 10.1 Å². The van der Waals surface area contributed by atoms with E-state index in [0.29, 0.717) is 17.0 Å². The van der Waals surface area contributed by atoms with Crippen LogP contribution in [0.3, 0.4) is 0 Å². The van der Waals surface area contributed by atoms with Gasteiger partial charge >= 0.3 is 0 Å². The lowest BCUT2D eigenvalue weighted by Gasteiger charge is -2.39. The van der Waals surface area contributed by atoms with E-state index in [2.05, 4.69) is 5.32 Å². The molecule has 25 heavy (non-hydrogen) atoms. The van der Waals surface area contributed by atoms with Gasteiger partial charge in [0.25, 0.3) is 5.91 Å². The Morgan fingerprint density at radius 2 is 1.80 bits per heavy atom. The summed E-state index contributed by atoms with van der Waals surface area (Å²) in [6.45, 7) is 6.83. The highest BCUT2D eigenvalue weighted by Gasteiger charge is 2.29. The second kappa shape index (κ2) is 8.14. The lowest BCUT2D eigenvalue weighted by molar-refractivity contribution is -0.139. The van der Waals surface area contributed by atoms with Crippen molar-refractivity contribution in [3.8, 4) is 5.75 Å². The highest BCUT2D eigenvalue weighted by molar-refractivity contribution is 5.96. The van der Waals surface area contributed by atoms with E-state index in [1.807, 2.05) is 18.7 Å². The molecule has 136 valence electrons. The largest absolute Gasteiger partial charge is 0.482 e. The van der Waals surface area contributed by atoms with Crippen molar-refractivity contribution in [3.63, 3.8) is 0 Å². The number of nitrogens with zero attached hydrogens (tertiary/aromatic N) is 1. The molecule has 0 radical (unpaired) electrons. The molecular formula is C19H26N2O4. The Bertz CT molecular complexity index is 661. The zero-order chi connectivity index (χ0) is 18.6. The number of Topliss-reactive ketones (excluding diaryl/α,β-unsaturated/α-hetero) is 1. The minimum atomic E-state index is -0.245. The summed E-state index contributed by atoms with van der Waals surface area (Å²) >= 11 is 0. The molecule has 1 aromatic rings. The average Bonchev–Trinajstić information content (AvgIpc) is 2.53. The summed E-state index contributed by atoms with van der Waals surface area (Å²) in [5.74, 6) is -0.107. The van der Waals surface area contributed by atoms with Crippen LogP contribution in [0.25, 0.3) is 0 Å². The van der Waals surface area contributed by atoms with Crippen LogP contribution in [0, 0.1) is 0 Å². The van der Waals surface area contributed by atoms with Gasteiger partial charge in [0, 0.05) is 24.6 Å². The Balaban J connectivity index is 2.14. The molecule has 6 nitrogen and oxygen atoms in total. The zero-order valence-corrected chi connectivity index (χ0v) is 15.3. The number of carbonyl (C=O) groups is 3. The SMILES string of the molecule is CC(=O)Nc1ccc(C(C)=O)cc1OCC(=O)N1C(C)CCCC1C. The number of anilines is 1. The van der Waals surface area contributed by atoms with Crippen LogP contribution in [0.5, 0.6) is 5.75 Å². The summed E-state index contributed by atoms with van der Waals surface area (Å²) in [6, 6.07) is 5.18. The molecule has 1 fully saturated rings. The number of carbonyl (C=O) groups excluding carboxylic acids is 3. The molecule has 0 spiro atoms. The summed E-state index contributed by atoms with van der Waals surface area (Å²) in [4.78, 5) is 37.4. The normalized spacial score (nSPS) is 20.1. The molecule has 2 atom stereocenters. The first kappa shape index (κ1) is 19.0. The lowest BCUT2D eigenvalue weighted by atomic mass is 9.97. The van der Waals surface area contributed by atoms with Gasteiger partial charge in [0.2, 0.25) is 5.91 Å². The van der Waals surface area contributed by atoms with Crippen LogP contribution in [0.15, 0.2) is 18.2 Å². The fraction of sp³-hybridized carbons (Fsp3) is 0.526. The number of nitrogens with one attached hydrogen (secondary N) is 1. The van der Waals surface area contributed by atoms with Gasteiger partial charge in [0.05, 0.1) is 5.69 Å². The number of hydrogen-bond donors (Lipinski definition) is 1. The van der Waals surface area contributed by atoms with Crippen molar-refractivity contribution in [2.75, 3.05) is 11.9 Å². The fourth-order valence-corrected chi connectivity index (χ4v) is 3.28. The predicted octanol–water partition coefficient (Wildman–Crippen LogP) is 3.02. The van der Waals surface area contributed by atoms with E-state index in [0.717, 1.165) is 19.3 Å². The topological polar surface area (TPSA) is 75.7 Å². The van der Waals surface area contributed by atoms with Crippen molar-refractivity contribution in [1.29, 1.82) is 0 Å². The van der Waals surface area contributed by atoms with Gasteiger partial charge in [0.15, 0.2) is 12.4 Å². The van der Waals surface area contributed by atoms with E-state index in [-0.39, 0.29) is 36.3 Å². The van der Waals surface area contributed by atoms with Crippen molar-refractivity contribution in [2.24, 2.45) is 0 Å². The second-order valence-corrected chi connectivity index (χ2v) is 6.67. The summed E-state index contributed by atoms with van der Waals surface area (Å²) < 4.78 is 5.68. The molecular weight excluding hydrogens is 320 g/mol. The maximum atomic E-state index is 12.6. The van der Waals surface area contributed by atoms with E-state index in [1.54, 1.807) is 18.2 Å². The number of piperidine rings is 1. The third-order valence-electron chi connectivity index (χ3n) is 4.53. The number of likely N-dealkylation sites (tertiary alicyclic amines) is 1. The molecule has 2 unspecified atom stereocenters. The molecule has 0 bridgehead atoms. The minimum Gasteiger partial charge on any atom is -0.482 e. The Hall–Kier alpha value is -2.37. The van der Waals surface area contributed by atoms with Gasteiger partial charge in [-0.2, -0.15) is 0 Å². The molecule has 2 rings (SSSR count). The average molecular weight is 346 g/mol. The Kier molecular flexibility index (Phi) is 6.17. The first-order valence-corrected chi connectivity index (χ1v) is 8.66. The van der Waals surface area contributed by atoms with E-state index in [1.165, 1.54) is 13.8 Å². The molecule has 1 N–H and O–H groups in total. The van der Waals surface area contributed by atoms with Crippen molar-refractivity contribution >= 4 is 23.3 Å². The van der Waals surface area contributed by atoms with Crippen LogP contribution in [0.2, 0.25) is 0 Å². The summed E-state index contributed by atoms with van der Waals surface area (Å²) in [6.07, 6.45) is 3.11. The third kappa shape index (κ3) is 4.81. The smallest absolute Gasteiger partial charge is 0.260 e. The predicted molar refractivity (Wildman–Crippen MR) is 95.9 cm³/mol. The molecule has 0 saturated carbocycles. The molecule has 0 aliphatic carbocycles. The number of amides is 2. The number of ether oxygens (including phenoxy) is 1. The fourth-order valence-electron chi connectivity index (χ4n) is 3.28. The Morgan fingerprint density at radius 3 is 2.36 bits per heavy atom. The molecule has 1 aromatic carbocycles. The number of ketones is 1. The highest BCUT2D eigenvalue weighted by Crippen LogP contribution is 2.27. The summed E-state index contributed by atoms with van der Waals surface area (Å²) in [5.41, 5.74) is 0.918. The summed E-state index contributed by atoms with van der Waals surface area (Å²) in [5, 5.41) is 2.66. The van der Waals surface area contributed by atoms with Crippen LogP contribution in [-0.2, 0) is 9.59 Å². The van der Waals surface area contributed by atoms with Crippen LogP contribution in [0.1, 0.15) is 57.3 Å². The van der Waals surface area contributed by atoms with E-state index in [4.69, 9.17) is 4.74 Å². The number of rotatable bonds is 5. The van der Waals surface area contributed by atoms with Gasteiger partial charge in [-0.25, -0.2) is 0 Å². The highest BCUT2D eigenvalue weighted by atomic mass is 16.5. The molecule has 2 amide bonds. The van der Waals surface area contributed by atoms with E-state index in [9.17, 15) is 14.4 Å². The van der Waals surface area contributed by atoms with Gasteiger partial charge < -0.3 is 15.0 Å². The number of hydrogen-bond acceptors (Lipinski definition) is 4. The van der Waals surface area contributed by atoms with Gasteiger partial charge in [-0.05, 0) is 58.2 Å². The molecule has 1 aliphatic heterocycles. The van der Waals surface area contributed by atoms with Crippen LogP contribution in [0.4, 0.5) is 5.69 Å². The quantitative estimate of drug-likeness (QED) is 0.832. The maximum Gasteiger partial charge on any atom is 0.260 e. The minimum absolute atomic E-state index is 0.0818. The molecule has 1 heterocycles. The van der Waals surface area contributed by atoms with E-state index >= 15 is 0 Å². The third-order valence-corrected chi connectivity index (χ3v) is 4.53. The standard InChI is InChI=1S/C19H26N2O4/c1-12-6-5-7-13(2)21(12)19(24)11-25-18-10-16(14(3)22)8-9-17(18)20-15(4)23/h8-10,12-13H,5-7,11H2,1-4H3,(H,20,23). The Labute approximate surface area is 148 Å². The first-order chi connectivity index (χ1) is 11.8. The van der Waals surface area contributed by atoms with Gasteiger partial charge in [-0.15, -0.1) is 0 Å². The van der Waals surface area contributed by atoms with Gasteiger partial charge in [0.1, 0.15) is 5.75 Å². The van der Waals surface area contributed by atoms with Crippen molar-refractivity contribution < 1.29 is 19.1 Å². The van der Waals surface area contributed by atoms with Crippen LogP contribution >= 0.6 is 0 Å². The molecule has 6 heteroatoms. The van der Waals surface area contributed by atoms with Gasteiger partial charge in [-0.3, -0.25) is 14.4 Å². The molecule has 1 aliphatic rings. The zero-order valence-electron chi connectivity index (χ0n) is 15.3. The maximum absolute atomic E-state index is 12.6. The lowest BCUT2D eigenvalue weighted by Crippen LogP contribution is -2.49. The van der Waals surface area contributed by atoms with Crippen molar-refractivity contribution in [1.82, 2.24) is 4.90 Å². The van der Waals surface area contributed by atoms with Crippen molar-refractivity contribution in [2.45, 2.75) is 59.0 Å². The summed E-state index contributed by atoms with van der Waals surface area (Å²) in [7, 11) is 0. The monoisotopic (exact) mass is 346 g/mol. The molecule has 1 saturated heterocycles. The van der Waals surface area contributed by atoms with Crippen LogP contribution in [-0.4, -0.2) is 41.2 Å².